The zero-order valence-electron chi connectivity index (χ0n) is 17.7. The molecule has 0 aliphatic carbocycles. The fourth-order valence-corrected chi connectivity index (χ4v) is 5.34. The Morgan fingerprint density at radius 2 is 2.13 bits per heavy atom. The van der Waals surface area contributed by atoms with Crippen molar-refractivity contribution in [3.05, 3.63) is 46.2 Å². The zero-order chi connectivity index (χ0) is 21.7. The molecule has 4 aromatic rings. The molecule has 3 aromatic heterocycles. The number of benzene rings is 1. The van der Waals surface area contributed by atoms with Crippen LogP contribution in [0.15, 0.2) is 35.3 Å². The number of likely N-dealkylation sites (N-methyl/N-ethyl adjacent to an activating group) is 1. The van der Waals surface area contributed by atoms with Crippen LogP contribution in [0.4, 0.5) is 5.95 Å². The summed E-state index contributed by atoms with van der Waals surface area (Å²) in [6, 6.07) is 8.26. The first-order valence-corrected chi connectivity index (χ1v) is 11.1. The summed E-state index contributed by atoms with van der Waals surface area (Å²) in [4.78, 5) is 40.2. The summed E-state index contributed by atoms with van der Waals surface area (Å²) in [6.07, 6.45) is 2.58. The number of pyridine rings is 1. The van der Waals surface area contributed by atoms with Crippen LogP contribution in [0.3, 0.4) is 0 Å². The molecule has 0 saturated carbocycles. The molecular weight excluding hydrogens is 414 g/mol. The molecule has 160 valence electrons. The number of fused-ring (bicyclic) bond motifs is 5. The number of anilines is 1. The standard InChI is InChI=1S/C22H23N5O3S/c1-4-30-21(29)17-18(28)14-11-23-22(26-10-9-13(12-26)25(2)3)24-19(14)27-15-7-5-6-8-16(15)31-20(17)27/h5-8,11,13H,4,9-10,12H2,1-3H3. The predicted octanol–water partition coefficient (Wildman–Crippen LogP) is 2.77. The van der Waals surface area contributed by atoms with Gasteiger partial charge in [0.15, 0.2) is 5.65 Å². The normalized spacial score (nSPS) is 16.8. The minimum absolute atomic E-state index is 0.0424. The summed E-state index contributed by atoms with van der Waals surface area (Å²) >= 11 is 1.40. The van der Waals surface area contributed by atoms with Gasteiger partial charge in [-0.15, -0.1) is 11.3 Å². The van der Waals surface area contributed by atoms with Gasteiger partial charge in [-0.2, -0.15) is 4.98 Å². The van der Waals surface area contributed by atoms with Crippen LogP contribution >= 0.6 is 11.3 Å². The number of rotatable bonds is 4. The van der Waals surface area contributed by atoms with E-state index in [1.54, 1.807) is 13.1 Å². The average molecular weight is 438 g/mol. The Morgan fingerprint density at radius 3 is 2.87 bits per heavy atom. The van der Waals surface area contributed by atoms with Crippen LogP contribution in [-0.4, -0.2) is 65.1 Å². The van der Waals surface area contributed by atoms with Crippen molar-refractivity contribution in [3.63, 3.8) is 0 Å². The van der Waals surface area contributed by atoms with Crippen molar-refractivity contribution in [2.75, 3.05) is 38.7 Å². The maximum absolute atomic E-state index is 13.3. The molecule has 8 nitrogen and oxygen atoms in total. The molecule has 0 radical (unpaired) electrons. The monoisotopic (exact) mass is 437 g/mol. The second-order valence-electron chi connectivity index (χ2n) is 7.89. The lowest BCUT2D eigenvalue weighted by Crippen LogP contribution is -2.32. The summed E-state index contributed by atoms with van der Waals surface area (Å²) < 4.78 is 8.06. The maximum Gasteiger partial charge on any atom is 0.345 e. The molecule has 1 aliphatic rings. The van der Waals surface area contributed by atoms with Crippen molar-refractivity contribution >= 4 is 49.3 Å². The Bertz CT molecular complexity index is 1380. The molecule has 0 N–H and O–H groups in total. The minimum atomic E-state index is -0.615. The van der Waals surface area contributed by atoms with E-state index in [1.807, 2.05) is 28.7 Å². The highest BCUT2D eigenvalue weighted by atomic mass is 32.1. The number of carbonyl (C=O) groups excluding carboxylic acids is 1. The van der Waals surface area contributed by atoms with Crippen LogP contribution in [0.1, 0.15) is 23.7 Å². The molecule has 1 aromatic carbocycles. The Labute approximate surface area is 182 Å². The molecule has 0 bridgehead atoms. The Balaban J connectivity index is 1.79. The highest BCUT2D eigenvalue weighted by Crippen LogP contribution is 2.31. The molecule has 5 rings (SSSR count). The first-order chi connectivity index (χ1) is 15.0. The van der Waals surface area contributed by atoms with E-state index >= 15 is 0 Å². The van der Waals surface area contributed by atoms with Crippen LogP contribution in [0.5, 0.6) is 0 Å². The molecule has 1 unspecified atom stereocenters. The lowest BCUT2D eigenvalue weighted by molar-refractivity contribution is 0.0527. The summed E-state index contributed by atoms with van der Waals surface area (Å²) in [5.74, 6) is -0.0138. The lowest BCUT2D eigenvalue weighted by Gasteiger charge is -2.20. The van der Waals surface area contributed by atoms with Gasteiger partial charge in [0.2, 0.25) is 11.4 Å². The smallest absolute Gasteiger partial charge is 0.345 e. The molecule has 4 heterocycles. The molecule has 31 heavy (non-hydrogen) atoms. The van der Waals surface area contributed by atoms with E-state index in [0.717, 1.165) is 29.7 Å². The molecular formula is C22H23N5O3S. The van der Waals surface area contributed by atoms with E-state index in [2.05, 4.69) is 28.9 Å². The van der Waals surface area contributed by atoms with E-state index in [1.165, 1.54) is 11.3 Å². The van der Waals surface area contributed by atoms with Crippen LogP contribution in [0.2, 0.25) is 0 Å². The first kappa shape index (κ1) is 19.9. The van der Waals surface area contributed by atoms with Crippen molar-refractivity contribution in [1.82, 2.24) is 19.3 Å². The van der Waals surface area contributed by atoms with Crippen LogP contribution < -0.4 is 10.3 Å². The second-order valence-corrected chi connectivity index (χ2v) is 8.93. The number of nitrogens with zero attached hydrogens (tertiary/aromatic N) is 5. The molecule has 1 atom stereocenters. The predicted molar refractivity (Wildman–Crippen MR) is 122 cm³/mol. The average Bonchev–Trinajstić information content (AvgIpc) is 3.39. The summed E-state index contributed by atoms with van der Waals surface area (Å²) in [6.45, 7) is 3.62. The third-order valence-corrected chi connectivity index (χ3v) is 6.97. The van der Waals surface area contributed by atoms with Gasteiger partial charge in [-0.25, -0.2) is 9.78 Å². The number of aromatic nitrogens is 3. The van der Waals surface area contributed by atoms with E-state index in [9.17, 15) is 9.59 Å². The Morgan fingerprint density at radius 1 is 1.32 bits per heavy atom. The first-order valence-electron chi connectivity index (χ1n) is 10.3. The number of esters is 1. The SMILES string of the molecule is CCOC(=O)c1c(=O)c2cnc(N3CCC(N(C)C)C3)nc2n2c1sc1ccccc12. The van der Waals surface area contributed by atoms with Crippen molar-refractivity contribution in [1.29, 1.82) is 0 Å². The molecule has 0 amide bonds. The third-order valence-electron chi connectivity index (χ3n) is 5.83. The zero-order valence-corrected chi connectivity index (χ0v) is 18.5. The third kappa shape index (κ3) is 3.16. The highest BCUT2D eigenvalue weighted by Gasteiger charge is 2.28. The molecule has 1 fully saturated rings. The molecule has 9 heteroatoms. The van der Waals surface area contributed by atoms with Crippen molar-refractivity contribution in [3.8, 4) is 0 Å². The van der Waals surface area contributed by atoms with Gasteiger partial charge in [-0.3, -0.25) is 9.20 Å². The Kier molecular flexibility index (Phi) is 4.86. The van der Waals surface area contributed by atoms with Crippen LogP contribution in [-0.2, 0) is 4.74 Å². The van der Waals surface area contributed by atoms with Crippen LogP contribution in [0.25, 0.3) is 26.1 Å². The van der Waals surface area contributed by atoms with Gasteiger partial charge in [0, 0.05) is 25.3 Å². The number of hydrogen-bond acceptors (Lipinski definition) is 8. The maximum atomic E-state index is 13.3. The van der Waals surface area contributed by atoms with E-state index in [-0.39, 0.29) is 17.6 Å². The summed E-state index contributed by atoms with van der Waals surface area (Å²) in [5.41, 5.74) is 1.07. The number of ether oxygens (including phenoxy) is 1. The van der Waals surface area contributed by atoms with Gasteiger partial charge < -0.3 is 14.5 Å². The van der Waals surface area contributed by atoms with Crippen LogP contribution in [0, 0.1) is 0 Å². The molecule has 1 saturated heterocycles. The van der Waals surface area contributed by atoms with Gasteiger partial charge in [-0.05, 0) is 39.6 Å². The Hall–Kier alpha value is -3.04. The van der Waals surface area contributed by atoms with E-state index in [4.69, 9.17) is 9.72 Å². The number of hydrogen-bond donors (Lipinski definition) is 0. The number of thiazole rings is 1. The van der Waals surface area contributed by atoms with E-state index in [0.29, 0.717) is 27.9 Å². The van der Waals surface area contributed by atoms with Crippen molar-refractivity contribution in [2.45, 2.75) is 19.4 Å². The lowest BCUT2D eigenvalue weighted by atomic mass is 10.2. The largest absolute Gasteiger partial charge is 0.462 e. The fourth-order valence-electron chi connectivity index (χ4n) is 4.17. The van der Waals surface area contributed by atoms with Crippen molar-refractivity contribution < 1.29 is 9.53 Å². The molecule has 0 spiro atoms. The minimum Gasteiger partial charge on any atom is -0.462 e. The second kappa shape index (κ2) is 7.58. The highest BCUT2D eigenvalue weighted by molar-refractivity contribution is 7.24. The summed E-state index contributed by atoms with van der Waals surface area (Å²) in [5, 5.41) is 0.316. The quantitative estimate of drug-likeness (QED) is 0.454. The number of carbonyl (C=O) groups is 1. The molecule has 1 aliphatic heterocycles. The van der Waals surface area contributed by atoms with Gasteiger partial charge >= 0.3 is 5.97 Å². The topological polar surface area (TPSA) is 80.0 Å². The van der Waals surface area contributed by atoms with Gasteiger partial charge in [0.05, 0.1) is 22.2 Å². The van der Waals surface area contributed by atoms with Gasteiger partial charge in [0.25, 0.3) is 0 Å². The van der Waals surface area contributed by atoms with Crippen molar-refractivity contribution in [2.24, 2.45) is 0 Å². The van der Waals surface area contributed by atoms with Gasteiger partial charge in [0.1, 0.15) is 10.4 Å². The summed E-state index contributed by atoms with van der Waals surface area (Å²) in [7, 11) is 4.15. The van der Waals surface area contributed by atoms with E-state index < -0.39 is 5.97 Å². The fraction of sp³-hybridized carbons (Fsp3) is 0.364. The number of para-hydroxylation sites is 1. The van der Waals surface area contributed by atoms with Gasteiger partial charge in [-0.1, -0.05) is 12.1 Å².